The molecule has 1 atom stereocenters. The molecular weight excluding hydrogens is 268 g/mol. The molecule has 118 valence electrons. The molecule has 1 heterocycles. The predicted molar refractivity (Wildman–Crippen MR) is 91.5 cm³/mol. The summed E-state index contributed by atoms with van der Waals surface area (Å²) in [5.41, 5.74) is 5.92. The highest BCUT2D eigenvalue weighted by molar-refractivity contribution is 7.99. The fraction of sp³-hybridized carbons (Fsp3) is 0.933. The molecule has 0 aliphatic carbocycles. The molecule has 1 saturated heterocycles. The third-order valence-electron chi connectivity index (χ3n) is 3.60. The van der Waals surface area contributed by atoms with Crippen LogP contribution in [0.3, 0.4) is 0 Å². The Morgan fingerprint density at radius 1 is 1.50 bits per heavy atom. The van der Waals surface area contributed by atoms with Gasteiger partial charge in [-0.25, -0.2) is 0 Å². The molecular formula is C15H32N4S. The zero-order valence-electron chi connectivity index (χ0n) is 13.4. The van der Waals surface area contributed by atoms with Gasteiger partial charge in [-0.1, -0.05) is 20.8 Å². The number of hydrogen-bond acceptors (Lipinski definition) is 3. The second kappa shape index (κ2) is 10.3. The summed E-state index contributed by atoms with van der Waals surface area (Å²) in [7, 11) is 0. The molecule has 0 spiro atoms. The Hall–Kier alpha value is -0.420. The van der Waals surface area contributed by atoms with Crippen molar-refractivity contribution in [2.75, 3.05) is 37.7 Å². The number of rotatable bonds is 9. The largest absolute Gasteiger partial charge is 0.370 e. The molecule has 0 radical (unpaired) electrons. The number of nitrogens with one attached hydrogen (secondary N) is 1. The number of hydrogen-bond donors (Lipinski definition) is 2. The van der Waals surface area contributed by atoms with E-state index in [0.717, 1.165) is 32.0 Å². The zero-order chi connectivity index (χ0) is 14.8. The van der Waals surface area contributed by atoms with E-state index in [0.29, 0.717) is 12.0 Å². The summed E-state index contributed by atoms with van der Waals surface area (Å²) in [6.07, 6.45) is 3.71. The van der Waals surface area contributed by atoms with Gasteiger partial charge >= 0.3 is 0 Å². The number of likely N-dealkylation sites (N-methyl/N-ethyl adjacent to an activating group) is 1. The first kappa shape index (κ1) is 17.6. The minimum Gasteiger partial charge on any atom is -0.370 e. The van der Waals surface area contributed by atoms with E-state index >= 15 is 0 Å². The zero-order valence-corrected chi connectivity index (χ0v) is 14.2. The molecule has 3 N–H and O–H groups in total. The Balaban J connectivity index is 2.06. The van der Waals surface area contributed by atoms with Gasteiger partial charge in [-0.15, -0.1) is 0 Å². The lowest BCUT2D eigenvalue weighted by atomic mass is 10.2. The van der Waals surface area contributed by atoms with Crippen LogP contribution in [0.1, 0.15) is 40.0 Å². The third-order valence-corrected chi connectivity index (χ3v) is 5.08. The van der Waals surface area contributed by atoms with Gasteiger partial charge in [-0.3, -0.25) is 9.89 Å². The van der Waals surface area contributed by atoms with Gasteiger partial charge in [0.15, 0.2) is 5.96 Å². The van der Waals surface area contributed by atoms with Crippen LogP contribution >= 0.6 is 11.8 Å². The van der Waals surface area contributed by atoms with Gasteiger partial charge in [0.05, 0.1) is 6.54 Å². The second-order valence-corrected chi connectivity index (χ2v) is 7.05. The van der Waals surface area contributed by atoms with Crippen LogP contribution in [-0.4, -0.2) is 54.6 Å². The van der Waals surface area contributed by atoms with Crippen LogP contribution < -0.4 is 11.1 Å². The fourth-order valence-corrected chi connectivity index (χ4v) is 3.47. The topological polar surface area (TPSA) is 53.6 Å². The van der Waals surface area contributed by atoms with Crippen LogP contribution in [0.4, 0.5) is 0 Å². The molecule has 0 aromatic rings. The van der Waals surface area contributed by atoms with E-state index in [1.807, 2.05) is 11.8 Å². The van der Waals surface area contributed by atoms with Gasteiger partial charge < -0.3 is 11.1 Å². The van der Waals surface area contributed by atoms with Gasteiger partial charge in [0.25, 0.3) is 0 Å². The number of nitrogens with zero attached hydrogens (tertiary/aromatic N) is 2. The number of thioether (sulfide) groups is 1. The third kappa shape index (κ3) is 7.39. The predicted octanol–water partition coefficient (Wildman–Crippen LogP) is 2.15. The van der Waals surface area contributed by atoms with E-state index in [1.165, 1.54) is 30.9 Å². The van der Waals surface area contributed by atoms with Crippen molar-refractivity contribution in [3.8, 4) is 0 Å². The maximum absolute atomic E-state index is 5.92. The van der Waals surface area contributed by atoms with Crippen molar-refractivity contribution in [2.45, 2.75) is 46.1 Å². The molecule has 0 amide bonds. The van der Waals surface area contributed by atoms with Crippen LogP contribution in [0.5, 0.6) is 0 Å². The van der Waals surface area contributed by atoms with Crippen LogP contribution in [-0.2, 0) is 0 Å². The number of likely N-dealkylation sites (tertiary alicyclic amines) is 1. The molecule has 5 heteroatoms. The first-order chi connectivity index (χ1) is 9.63. The quantitative estimate of drug-likeness (QED) is 0.389. The maximum atomic E-state index is 5.92. The highest BCUT2D eigenvalue weighted by Gasteiger charge is 2.22. The maximum Gasteiger partial charge on any atom is 0.188 e. The molecule has 0 saturated carbocycles. The molecule has 1 aliphatic rings. The fourth-order valence-electron chi connectivity index (χ4n) is 2.49. The number of guanidine groups is 1. The lowest BCUT2D eigenvalue weighted by Crippen LogP contribution is -2.36. The summed E-state index contributed by atoms with van der Waals surface area (Å²) >= 11 is 2.02. The van der Waals surface area contributed by atoms with E-state index in [4.69, 9.17) is 5.73 Å². The van der Waals surface area contributed by atoms with Gasteiger partial charge in [-0.05, 0) is 49.8 Å². The Bertz CT molecular complexity index is 281. The molecule has 1 fully saturated rings. The van der Waals surface area contributed by atoms with Crippen molar-refractivity contribution in [2.24, 2.45) is 16.6 Å². The standard InChI is InChI=1S/C15H32N4S/c1-4-19-9-5-7-14(19)11-18-15(16)17-8-6-10-20-12-13(2)3/h13-14H,4-12H2,1-3H3,(H3,16,17,18). The van der Waals surface area contributed by atoms with E-state index in [1.54, 1.807) is 0 Å². The van der Waals surface area contributed by atoms with E-state index in [9.17, 15) is 0 Å². The molecule has 1 aliphatic heterocycles. The Morgan fingerprint density at radius 3 is 3.00 bits per heavy atom. The lowest BCUT2D eigenvalue weighted by molar-refractivity contribution is 0.273. The normalized spacial score (nSPS) is 20.8. The van der Waals surface area contributed by atoms with Crippen molar-refractivity contribution >= 4 is 17.7 Å². The first-order valence-electron chi connectivity index (χ1n) is 7.99. The van der Waals surface area contributed by atoms with Crippen molar-refractivity contribution in [1.29, 1.82) is 0 Å². The minimum absolute atomic E-state index is 0.599. The van der Waals surface area contributed by atoms with Crippen LogP contribution in [0, 0.1) is 5.92 Å². The summed E-state index contributed by atoms with van der Waals surface area (Å²) in [4.78, 5) is 6.98. The van der Waals surface area contributed by atoms with Gasteiger partial charge in [0.2, 0.25) is 0 Å². The van der Waals surface area contributed by atoms with Crippen LogP contribution in [0.15, 0.2) is 4.99 Å². The average Bonchev–Trinajstić information content (AvgIpc) is 2.87. The summed E-state index contributed by atoms with van der Waals surface area (Å²) in [5.74, 6) is 3.84. The SMILES string of the molecule is CCN1CCCC1CN=C(N)NCCCSCC(C)C. The van der Waals surface area contributed by atoms with Crippen molar-refractivity contribution in [1.82, 2.24) is 10.2 Å². The Labute approximate surface area is 129 Å². The van der Waals surface area contributed by atoms with E-state index in [2.05, 4.69) is 36.0 Å². The van der Waals surface area contributed by atoms with Crippen molar-refractivity contribution < 1.29 is 0 Å². The van der Waals surface area contributed by atoms with Crippen molar-refractivity contribution in [3.63, 3.8) is 0 Å². The van der Waals surface area contributed by atoms with Gasteiger partial charge in [0, 0.05) is 12.6 Å². The molecule has 20 heavy (non-hydrogen) atoms. The molecule has 1 unspecified atom stereocenters. The summed E-state index contributed by atoms with van der Waals surface area (Å²) in [5, 5.41) is 3.22. The smallest absolute Gasteiger partial charge is 0.188 e. The highest BCUT2D eigenvalue weighted by Crippen LogP contribution is 2.16. The Kier molecular flexibility index (Phi) is 9.10. The van der Waals surface area contributed by atoms with Crippen LogP contribution in [0.25, 0.3) is 0 Å². The van der Waals surface area contributed by atoms with E-state index in [-0.39, 0.29) is 0 Å². The van der Waals surface area contributed by atoms with Crippen molar-refractivity contribution in [3.05, 3.63) is 0 Å². The van der Waals surface area contributed by atoms with Gasteiger partial charge in [0.1, 0.15) is 0 Å². The number of aliphatic imine (C=N–C) groups is 1. The molecule has 0 bridgehead atoms. The lowest BCUT2D eigenvalue weighted by Gasteiger charge is -2.20. The molecule has 4 nitrogen and oxygen atoms in total. The summed E-state index contributed by atoms with van der Waals surface area (Å²) < 4.78 is 0. The monoisotopic (exact) mass is 300 g/mol. The second-order valence-electron chi connectivity index (χ2n) is 5.90. The molecule has 0 aromatic carbocycles. The van der Waals surface area contributed by atoms with Gasteiger partial charge in [-0.2, -0.15) is 11.8 Å². The first-order valence-corrected chi connectivity index (χ1v) is 9.14. The molecule has 0 aromatic heterocycles. The highest BCUT2D eigenvalue weighted by atomic mass is 32.2. The van der Waals surface area contributed by atoms with Crippen LogP contribution in [0.2, 0.25) is 0 Å². The average molecular weight is 301 g/mol. The molecule has 1 rings (SSSR count). The summed E-state index contributed by atoms with van der Waals surface area (Å²) in [6, 6.07) is 0.599. The van der Waals surface area contributed by atoms with E-state index < -0.39 is 0 Å². The summed E-state index contributed by atoms with van der Waals surface area (Å²) in [6.45, 7) is 10.9. The Morgan fingerprint density at radius 2 is 2.30 bits per heavy atom. The minimum atomic E-state index is 0.599. The number of nitrogens with two attached hydrogens (primary N) is 1.